The topological polar surface area (TPSA) is 20.2 Å². The summed E-state index contributed by atoms with van der Waals surface area (Å²) in [6, 6.07) is 3.82. The molecule has 0 amide bonds. The van der Waals surface area contributed by atoms with Crippen LogP contribution >= 0.6 is 11.6 Å². The Bertz CT molecular complexity index is 217. The number of aliphatic hydroxyl groups is 1. The molecule has 0 aliphatic rings. The molecule has 1 N–H and O–H groups in total. The smallest absolute Gasteiger partial charge is 0.125 e. The van der Waals surface area contributed by atoms with E-state index >= 15 is 0 Å². The molecule has 0 atom stereocenters. The van der Waals surface area contributed by atoms with E-state index < -0.39 is 5.82 Å². The highest BCUT2D eigenvalue weighted by molar-refractivity contribution is 6.30. The summed E-state index contributed by atoms with van der Waals surface area (Å²) in [5.74, 6) is -0.451. The van der Waals surface area contributed by atoms with Gasteiger partial charge in [-0.05, 0) is 23.8 Å². The van der Waals surface area contributed by atoms with Crippen molar-refractivity contribution in [3.63, 3.8) is 0 Å². The summed E-state index contributed by atoms with van der Waals surface area (Å²) in [4.78, 5) is 0. The lowest BCUT2D eigenvalue weighted by atomic mass is 10.2. The van der Waals surface area contributed by atoms with Gasteiger partial charge in [-0.3, -0.25) is 0 Å². The summed E-state index contributed by atoms with van der Waals surface area (Å²) < 4.78 is 12.4. The van der Waals surface area contributed by atoms with Crippen molar-refractivity contribution in [2.24, 2.45) is 0 Å². The Balaban J connectivity index is 3.06. The van der Waals surface area contributed by atoms with Crippen LogP contribution in [-0.2, 0) is 0 Å². The number of rotatable bonds is 1. The first kappa shape index (κ1) is 7.51. The van der Waals surface area contributed by atoms with Crippen molar-refractivity contribution in [2.75, 3.05) is 0 Å². The number of hydrogen-bond acceptors (Lipinski definition) is 1. The van der Waals surface area contributed by atoms with Crippen LogP contribution in [0.5, 0.6) is 0 Å². The predicted molar refractivity (Wildman–Crippen MR) is 36.7 cm³/mol. The normalized spacial score (nSPS) is 9.90. The minimum absolute atomic E-state index is 0.278. The van der Waals surface area contributed by atoms with Crippen molar-refractivity contribution in [1.82, 2.24) is 0 Å². The van der Waals surface area contributed by atoms with Gasteiger partial charge in [0, 0.05) is 5.02 Å². The average Bonchev–Trinajstić information content (AvgIpc) is 1.85. The summed E-state index contributed by atoms with van der Waals surface area (Å²) in [6.07, 6.45) is 0. The van der Waals surface area contributed by atoms with E-state index in [0.29, 0.717) is 5.56 Å². The van der Waals surface area contributed by atoms with Crippen molar-refractivity contribution >= 4 is 11.6 Å². The van der Waals surface area contributed by atoms with Gasteiger partial charge in [-0.1, -0.05) is 11.6 Å². The van der Waals surface area contributed by atoms with Gasteiger partial charge in [-0.15, -0.1) is 0 Å². The van der Waals surface area contributed by atoms with Crippen LogP contribution in [-0.4, -0.2) is 5.11 Å². The fourth-order valence-electron chi connectivity index (χ4n) is 0.650. The molecule has 53 valence electrons. The van der Waals surface area contributed by atoms with Crippen LogP contribution < -0.4 is 0 Å². The van der Waals surface area contributed by atoms with E-state index in [2.05, 4.69) is 0 Å². The first-order chi connectivity index (χ1) is 4.72. The zero-order chi connectivity index (χ0) is 7.56. The minimum atomic E-state index is -0.451. The molecule has 0 saturated heterocycles. The van der Waals surface area contributed by atoms with Gasteiger partial charge >= 0.3 is 0 Å². The van der Waals surface area contributed by atoms with E-state index in [4.69, 9.17) is 16.7 Å². The van der Waals surface area contributed by atoms with Gasteiger partial charge in [0.05, 0.1) is 0 Å². The van der Waals surface area contributed by atoms with Crippen molar-refractivity contribution in [3.05, 3.63) is 41.2 Å². The third kappa shape index (κ3) is 1.69. The van der Waals surface area contributed by atoms with E-state index in [-0.39, 0.29) is 5.02 Å². The first-order valence-electron chi connectivity index (χ1n) is 2.66. The van der Waals surface area contributed by atoms with Gasteiger partial charge in [0.2, 0.25) is 0 Å². The molecule has 1 radical (unpaired) electrons. The molecule has 0 aromatic heterocycles. The highest BCUT2D eigenvalue weighted by atomic mass is 35.5. The van der Waals surface area contributed by atoms with Crippen molar-refractivity contribution in [1.29, 1.82) is 0 Å². The predicted octanol–water partition coefficient (Wildman–Crippen LogP) is 2.36. The Morgan fingerprint density at radius 1 is 1.40 bits per heavy atom. The molecule has 0 saturated carbocycles. The highest BCUT2D eigenvalue weighted by Gasteiger charge is 1.96. The zero-order valence-electron chi connectivity index (χ0n) is 5.01. The number of halogens is 2. The molecule has 0 spiro atoms. The average molecular weight is 160 g/mol. The molecule has 0 aliphatic carbocycles. The molecule has 1 nitrogen and oxygen atoms in total. The largest absolute Gasteiger partial charge is 0.385 e. The number of aliphatic hydroxyl groups excluding tert-OH is 1. The first-order valence-corrected chi connectivity index (χ1v) is 3.03. The van der Waals surface area contributed by atoms with E-state index in [0.717, 1.165) is 6.61 Å². The van der Waals surface area contributed by atoms with Crippen LogP contribution in [0.2, 0.25) is 5.02 Å². The van der Waals surface area contributed by atoms with E-state index in [1.807, 2.05) is 0 Å². The van der Waals surface area contributed by atoms with Crippen molar-refractivity contribution < 1.29 is 9.50 Å². The molecule has 3 heteroatoms. The standard InChI is InChI=1S/C7H5ClFO/c8-6-1-5(4-10)2-7(9)3-6/h1-4,10H. The zero-order valence-corrected chi connectivity index (χ0v) is 5.77. The molecular weight excluding hydrogens is 155 g/mol. The number of benzene rings is 1. The SMILES string of the molecule is O[CH]c1cc(F)cc(Cl)c1. The summed E-state index contributed by atoms with van der Waals surface area (Å²) in [5.41, 5.74) is 0.366. The maximum Gasteiger partial charge on any atom is 0.125 e. The Morgan fingerprint density at radius 2 is 2.10 bits per heavy atom. The van der Waals surface area contributed by atoms with Gasteiger partial charge in [-0.2, -0.15) is 0 Å². The Hall–Kier alpha value is -0.600. The van der Waals surface area contributed by atoms with Gasteiger partial charge in [0.25, 0.3) is 0 Å². The van der Waals surface area contributed by atoms with Gasteiger partial charge < -0.3 is 5.11 Å². The third-order valence-corrected chi connectivity index (χ3v) is 1.25. The molecule has 0 fully saturated rings. The summed E-state index contributed by atoms with van der Waals surface area (Å²) >= 11 is 5.46. The van der Waals surface area contributed by atoms with Crippen molar-refractivity contribution in [3.8, 4) is 0 Å². The Kier molecular flexibility index (Phi) is 2.25. The van der Waals surface area contributed by atoms with Crippen LogP contribution in [0, 0.1) is 12.4 Å². The van der Waals surface area contributed by atoms with E-state index in [1.165, 1.54) is 18.2 Å². The van der Waals surface area contributed by atoms with Crippen LogP contribution in [0.4, 0.5) is 4.39 Å². The molecule has 1 aromatic carbocycles. The van der Waals surface area contributed by atoms with Gasteiger partial charge in [0.1, 0.15) is 12.4 Å². The molecule has 0 bridgehead atoms. The van der Waals surface area contributed by atoms with E-state index in [1.54, 1.807) is 0 Å². The molecule has 1 aromatic rings. The minimum Gasteiger partial charge on any atom is -0.385 e. The number of hydrogen-bond donors (Lipinski definition) is 1. The second-order valence-corrected chi connectivity index (χ2v) is 2.27. The lowest BCUT2D eigenvalue weighted by molar-refractivity contribution is 0.414. The van der Waals surface area contributed by atoms with Crippen LogP contribution in [0.3, 0.4) is 0 Å². The molecule has 1 rings (SSSR count). The molecule has 10 heavy (non-hydrogen) atoms. The lowest BCUT2D eigenvalue weighted by Crippen LogP contribution is -1.81. The summed E-state index contributed by atoms with van der Waals surface area (Å²) in [5, 5.41) is 8.71. The fraction of sp³-hybridized carbons (Fsp3) is 0. The third-order valence-electron chi connectivity index (χ3n) is 1.03. The van der Waals surface area contributed by atoms with Crippen LogP contribution in [0.15, 0.2) is 18.2 Å². The lowest BCUT2D eigenvalue weighted by Gasteiger charge is -1.95. The van der Waals surface area contributed by atoms with E-state index in [9.17, 15) is 4.39 Å². The van der Waals surface area contributed by atoms with Gasteiger partial charge in [0.15, 0.2) is 0 Å². The van der Waals surface area contributed by atoms with Crippen LogP contribution in [0.1, 0.15) is 5.56 Å². The van der Waals surface area contributed by atoms with Crippen LogP contribution in [0.25, 0.3) is 0 Å². The second kappa shape index (κ2) is 2.99. The second-order valence-electron chi connectivity index (χ2n) is 1.83. The maximum absolute atomic E-state index is 12.4. The fourth-order valence-corrected chi connectivity index (χ4v) is 0.880. The monoisotopic (exact) mass is 159 g/mol. The molecular formula is C7H5ClFO. The highest BCUT2D eigenvalue weighted by Crippen LogP contribution is 2.14. The molecule has 0 aliphatic heterocycles. The molecule has 0 unspecified atom stereocenters. The summed E-state index contributed by atoms with van der Waals surface area (Å²) in [6.45, 7) is 0.801. The quantitative estimate of drug-likeness (QED) is 0.667. The van der Waals surface area contributed by atoms with Gasteiger partial charge in [-0.25, -0.2) is 4.39 Å². The Morgan fingerprint density at radius 3 is 2.60 bits per heavy atom. The summed E-state index contributed by atoms with van der Waals surface area (Å²) in [7, 11) is 0. The Labute approximate surface area is 63.1 Å². The maximum atomic E-state index is 12.4. The molecule has 0 heterocycles. The van der Waals surface area contributed by atoms with Crippen molar-refractivity contribution in [2.45, 2.75) is 0 Å².